The first-order valence-corrected chi connectivity index (χ1v) is 9.09. The van der Waals surface area contributed by atoms with Crippen molar-refractivity contribution in [1.29, 1.82) is 0 Å². The van der Waals surface area contributed by atoms with Crippen LogP contribution in [0.5, 0.6) is 0 Å². The molecule has 0 N–H and O–H groups in total. The zero-order valence-electron chi connectivity index (χ0n) is 15.2. The number of hydrogen-bond acceptors (Lipinski definition) is 3. The van der Waals surface area contributed by atoms with Crippen molar-refractivity contribution >= 4 is 23.6 Å². The molecular formula is C20H27N3O2. The average molecular weight is 341 g/mol. The lowest BCUT2D eigenvalue weighted by Gasteiger charge is -2.27. The second-order valence-corrected chi connectivity index (χ2v) is 7.03. The van der Waals surface area contributed by atoms with Crippen molar-refractivity contribution in [3.8, 4) is 0 Å². The van der Waals surface area contributed by atoms with Gasteiger partial charge in [0, 0.05) is 45.5 Å². The molecule has 2 aliphatic heterocycles. The highest BCUT2D eigenvalue weighted by Crippen LogP contribution is 2.27. The molecule has 0 unspecified atom stereocenters. The first kappa shape index (κ1) is 17.5. The van der Waals surface area contributed by atoms with E-state index < -0.39 is 0 Å². The minimum atomic E-state index is -0.137. The second kappa shape index (κ2) is 7.72. The standard InChI is InChI=1S/C20H27N3O2/c1-21-11-5-6-17-14-16(7-9-18(17)21)8-10-19(24)22(2)15-20(25)23-12-3-4-13-23/h7-10,14H,3-6,11-13,15H2,1-2H3/b10-8+. The summed E-state index contributed by atoms with van der Waals surface area (Å²) in [5.41, 5.74) is 3.64. The quantitative estimate of drug-likeness (QED) is 0.789. The van der Waals surface area contributed by atoms with E-state index in [9.17, 15) is 9.59 Å². The van der Waals surface area contributed by atoms with E-state index in [-0.39, 0.29) is 18.4 Å². The van der Waals surface area contributed by atoms with Crippen LogP contribution in [0.3, 0.4) is 0 Å². The Morgan fingerprint density at radius 1 is 1.16 bits per heavy atom. The van der Waals surface area contributed by atoms with Gasteiger partial charge in [0.25, 0.3) is 0 Å². The molecule has 5 nitrogen and oxygen atoms in total. The van der Waals surface area contributed by atoms with Gasteiger partial charge in [-0.05, 0) is 55.0 Å². The topological polar surface area (TPSA) is 43.9 Å². The summed E-state index contributed by atoms with van der Waals surface area (Å²) in [6, 6.07) is 6.32. The van der Waals surface area contributed by atoms with Crippen molar-refractivity contribution in [3.63, 3.8) is 0 Å². The van der Waals surface area contributed by atoms with E-state index >= 15 is 0 Å². The van der Waals surface area contributed by atoms with Gasteiger partial charge in [0.1, 0.15) is 0 Å². The first-order valence-electron chi connectivity index (χ1n) is 9.09. The smallest absolute Gasteiger partial charge is 0.246 e. The molecular weight excluding hydrogens is 314 g/mol. The Bertz CT molecular complexity index is 678. The number of aryl methyl sites for hydroxylation is 1. The predicted molar refractivity (Wildman–Crippen MR) is 101 cm³/mol. The lowest BCUT2D eigenvalue weighted by Crippen LogP contribution is -2.39. The molecule has 25 heavy (non-hydrogen) atoms. The molecule has 0 spiro atoms. The van der Waals surface area contributed by atoms with Crippen LogP contribution in [0.4, 0.5) is 5.69 Å². The average Bonchev–Trinajstić information content (AvgIpc) is 3.14. The Morgan fingerprint density at radius 2 is 1.92 bits per heavy atom. The highest BCUT2D eigenvalue weighted by molar-refractivity contribution is 5.94. The molecule has 3 rings (SSSR count). The van der Waals surface area contributed by atoms with Gasteiger partial charge >= 0.3 is 0 Å². The summed E-state index contributed by atoms with van der Waals surface area (Å²) in [7, 11) is 3.80. The number of likely N-dealkylation sites (tertiary alicyclic amines) is 1. The van der Waals surface area contributed by atoms with Crippen molar-refractivity contribution in [2.24, 2.45) is 0 Å². The van der Waals surface area contributed by atoms with Crippen LogP contribution in [-0.4, -0.2) is 61.9 Å². The normalized spacial score (nSPS) is 17.0. The van der Waals surface area contributed by atoms with Crippen LogP contribution in [0, 0.1) is 0 Å². The summed E-state index contributed by atoms with van der Waals surface area (Å²) in [5, 5.41) is 0. The molecule has 1 aromatic rings. The van der Waals surface area contributed by atoms with E-state index in [1.54, 1.807) is 13.1 Å². The Balaban J connectivity index is 1.59. The fourth-order valence-corrected chi connectivity index (χ4v) is 3.55. The summed E-state index contributed by atoms with van der Waals surface area (Å²) < 4.78 is 0. The molecule has 2 amide bonds. The van der Waals surface area contributed by atoms with Crippen molar-refractivity contribution in [3.05, 3.63) is 35.4 Å². The van der Waals surface area contributed by atoms with Crippen molar-refractivity contribution in [2.45, 2.75) is 25.7 Å². The van der Waals surface area contributed by atoms with Crippen LogP contribution in [0.2, 0.25) is 0 Å². The molecule has 0 atom stereocenters. The fourth-order valence-electron chi connectivity index (χ4n) is 3.55. The number of nitrogens with zero attached hydrogens (tertiary/aromatic N) is 3. The molecule has 134 valence electrons. The molecule has 1 aromatic carbocycles. The fraction of sp³-hybridized carbons (Fsp3) is 0.500. The minimum Gasteiger partial charge on any atom is -0.374 e. The third-order valence-corrected chi connectivity index (χ3v) is 5.08. The highest BCUT2D eigenvalue weighted by Gasteiger charge is 2.20. The van der Waals surface area contributed by atoms with E-state index in [4.69, 9.17) is 0 Å². The molecule has 0 saturated carbocycles. The number of hydrogen-bond donors (Lipinski definition) is 0. The monoisotopic (exact) mass is 341 g/mol. The number of carbonyl (C=O) groups is 2. The zero-order valence-corrected chi connectivity index (χ0v) is 15.2. The van der Waals surface area contributed by atoms with E-state index in [2.05, 4.69) is 24.1 Å². The van der Waals surface area contributed by atoms with Crippen molar-refractivity contribution in [1.82, 2.24) is 9.80 Å². The molecule has 2 aliphatic rings. The Morgan fingerprint density at radius 3 is 2.68 bits per heavy atom. The number of likely N-dealkylation sites (N-methyl/N-ethyl adjacent to an activating group) is 1. The SMILES string of the molecule is CN(CC(=O)N1CCCC1)C(=O)/C=C/c1ccc2c(c1)CCCN2C. The maximum absolute atomic E-state index is 12.3. The predicted octanol–water partition coefficient (Wildman–Crippen LogP) is 2.16. The third kappa shape index (κ3) is 4.21. The van der Waals surface area contributed by atoms with Gasteiger partial charge in [-0.3, -0.25) is 9.59 Å². The Labute approximate surface area is 149 Å². The van der Waals surface area contributed by atoms with E-state index in [1.165, 1.54) is 16.2 Å². The second-order valence-electron chi connectivity index (χ2n) is 7.03. The Hall–Kier alpha value is -2.30. The van der Waals surface area contributed by atoms with Gasteiger partial charge in [-0.25, -0.2) is 0 Å². The number of benzene rings is 1. The van der Waals surface area contributed by atoms with E-state index in [0.29, 0.717) is 0 Å². The number of anilines is 1. The zero-order chi connectivity index (χ0) is 17.8. The van der Waals surface area contributed by atoms with Crippen LogP contribution in [0.1, 0.15) is 30.4 Å². The summed E-state index contributed by atoms with van der Waals surface area (Å²) in [6.45, 7) is 2.88. The number of fused-ring (bicyclic) bond motifs is 1. The molecule has 0 aliphatic carbocycles. The molecule has 0 bridgehead atoms. The van der Waals surface area contributed by atoms with E-state index in [0.717, 1.165) is 50.9 Å². The summed E-state index contributed by atoms with van der Waals surface area (Å²) in [6.07, 6.45) is 7.78. The minimum absolute atomic E-state index is 0.0403. The van der Waals surface area contributed by atoms with Crippen molar-refractivity contribution < 1.29 is 9.59 Å². The van der Waals surface area contributed by atoms with Gasteiger partial charge in [0.2, 0.25) is 11.8 Å². The summed E-state index contributed by atoms with van der Waals surface area (Å²) in [5.74, 6) is -0.0963. The number of carbonyl (C=O) groups excluding carboxylic acids is 2. The molecule has 1 fully saturated rings. The maximum atomic E-state index is 12.3. The van der Waals surface area contributed by atoms with Crippen LogP contribution in [0.25, 0.3) is 6.08 Å². The molecule has 5 heteroatoms. The van der Waals surface area contributed by atoms with Gasteiger partial charge < -0.3 is 14.7 Å². The van der Waals surface area contributed by atoms with E-state index in [1.807, 2.05) is 17.0 Å². The molecule has 1 saturated heterocycles. The van der Waals surface area contributed by atoms with Crippen molar-refractivity contribution in [2.75, 3.05) is 45.2 Å². The van der Waals surface area contributed by atoms with Gasteiger partial charge in [-0.15, -0.1) is 0 Å². The Kier molecular flexibility index (Phi) is 5.41. The lowest BCUT2D eigenvalue weighted by molar-refractivity contribution is -0.136. The van der Waals surface area contributed by atoms with Gasteiger partial charge in [0.05, 0.1) is 6.54 Å². The van der Waals surface area contributed by atoms with Gasteiger partial charge in [-0.1, -0.05) is 6.07 Å². The van der Waals surface area contributed by atoms with Crippen LogP contribution in [0.15, 0.2) is 24.3 Å². The van der Waals surface area contributed by atoms with Crippen LogP contribution >= 0.6 is 0 Å². The summed E-state index contributed by atoms with van der Waals surface area (Å²) in [4.78, 5) is 30.0. The highest BCUT2D eigenvalue weighted by atomic mass is 16.2. The lowest BCUT2D eigenvalue weighted by atomic mass is 9.99. The molecule has 0 aromatic heterocycles. The maximum Gasteiger partial charge on any atom is 0.246 e. The summed E-state index contributed by atoms with van der Waals surface area (Å²) >= 11 is 0. The largest absolute Gasteiger partial charge is 0.374 e. The van der Waals surface area contributed by atoms with Crippen LogP contribution in [-0.2, 0) is 16.0 Å². The van der Waals surface area contributed by atoms with Gasteiger partial charge in [-0.2, -0.15) is 0 Å². The molecule has 0 radical (unpaired) electrons. The first-order chi connectivity index (χ1) is 12.0. The molecule has 2 heterocycles. The van der Waals surface area contributed by atoms with Crippen LogP contribution < -0.4 is 4.90 Å². The third-order valence-electron chi connectivity index (χ3n) is 5.08. The van der Waals surface area contributed by atoms with Gasteiger partial charge in [0.15, 0.2) is 0 Å². The number of rotatable bonds is 4. The number of amides is 2.